The van der Waals surface area contributed by atoms with E-state index in [1.165, 1.54) is 20.8 Å². The molecule has 0 amide bonds. The molecule has 0 saturated heterocycles. The van der Waals surface area contributed by atoms with E-state index in [9.17, 15) is 29.1 Å². The molecule has 0 heterocycles. The predicted octanol–water partition coefficient (Wildman–Crippen LogP) is 4.27. The van der Waals surface area contributed by atoms with Crippen LogP contribution < -0.4 is 0 Å². The van der Waals surface area contributed by atoms with Gasteiger partial charge in [0.25, 0.3) is 0 Å². The molecular weight excluding hydrogens is 618 g/mol. The van der Waals surface area contributed by atoms with Crippen LogP contribution in [-0.2, 0) is 42.9 Å². The van der Waals surface area contributed by atoms with E-state index < -0.39 is 77.2 Å². The lowest BCUT2D eigenvalue weighted by molar-refractivity contribution is -0.212. The number of fused-ring (bicyclic) bond motifs is 3. The first-order valence-electron chi connectivity index (χ1n) is 16.4. The topological polar surface area (TPSA) is 146 Å². The van der Waals surface area contributed by atoms with Gasteiger partial charge in [-0.3, -0.25) is 24.1 Å². The fourth-order valence-corrected chi connectivity index (χ4v) is 8.36. The quantitative estimate of drug-likeness (QED) is 0.241. The molecule has 2 fully saturated rings. The van der Waals surface area contributed by atoms with Crippen LogP contribution in [0.15, 0.2) is 53.6 Å². The summed E-state index contributed by atoms with van der Waals surface area (Å²) in [4.78, 5) is 67.0. The minimum absolute atomic E-state index is 0.0581. The number of benzene rings is 1. The standard InChI is InChI=1S/C37H49NO10/c1-19-26-16-25-17-27(42)20(2)30(36(25,6)7)33(46-22(4)40)34(47-23(5)41)37(26,8)29(45-21(3)39)18-28(19)48-35(44)32(43)31(38(9)10)24-14-12-11-13-15-24/h11-15,25-26,28-29,31-34,43H,1,16-18H2,2-10H3/t25-,26+,28-,29-,31-,32+,33+,34-,37+/m0/s1. The van der Waals surface area contributed by atoms with E-state index >= 15 is 0 Å². The number of rotatable bonds is 8. The molecule has 3 aliphatic carbocycles. The van der Waals surface area contributed by atoms with E-state index in [0.29, 0.717) is 28.7 Å². The zero-order valence-corrected chi connectivity index (χ0v) is 29.4. The molecule has 2 saturated carbocycles. The van der Waals surface area contributed by atoms with Crippen molar-refractivity contribution in [3.05, 3.63) is 59.2 Å². The molecule has 48 heavy (non-hydrogen) atoms. The number of likely N-dealkylation sites (N-methyl/N-ethyl adjacent to an activating group) is 1. The van der Waals surface area contributed by atoms with Crippen molar-refractivity contribution in [2.75, 3.05) is 14.1 Å². The molecule has 2 bridgehead atoms. The van der Waals surface area contributed by atoms with Crippen LogP contribution in [-0.4, -0.2) is 84.3 Å². The lowest BCUT2D eigenvalue weighted by atomic mass is 9.49. The lowest BCUT2D eigenvalue weighted by Gasteiger charge is -2.59. The van der Waals surface area contributed by atoms with Crippen molar-refractivity contribution in [3.8, 4) is 0 Å². The summed E-state index contributed by atoms with van der Waals surface area (Å²) in [5.74, 6) is -3.85. The van der Waals surface area contributed by atoms with Crippen molar-refractivity contribution in [1.82, 2.24) is 4.90 Å². The third kappa shape index (κ3) is 6.85. The third-order valence-electron chi connectivity index (χ3n) is 10.8. The van der Waals surface area contributed by atoms with Gasteiger partial charge in [0.1, 0.15) is 12.2 Å². The average Bonchev–Trinajstić information content (AvgIpc) is 2.98. The molecule has 0 spiro atoms. The zero-order chi connectivity index (χ0) is 35.9. The monoisotopic (exact) mass is 667 g/mol. The molecular formula is C37H49NO10. The number of nitrogens with zero attached hydrogens (tertiary/aromatic N) is 1. The van der Waals surface area contributed by atoms with Gasteiger partial charge in [-0.2, -0.15) is 0 Å². The maximum absolute atomic E-state index is 13.7. The highest BCUT2D eigenvalue weighted by atomic mass is 16.6. The van der Waals surface area contributed by atoms with E-state index in [2.05, 4.69) is 6.58 Å². The Kier molecular flexibility index (Phi) is 10.8. The Hall–Kier alpha value is -3.83. The van der Waals surface area contributed by atoms with E-state index in [4.69, 9.17) is 18.9 Å². The number of ether oxygens (including phenoxy) is 4. The van der Waals surface area contributed by atoms with Crippen molar-refractivity contribution in [2.45, 2.75) is 104 Å². The maximum atomic E-state index is 13.7. The number of aliphatic hydroxyl groups excluding tert-OH is 1. The number of aliphatic hydroxyl groups is 1. The molecule has 262 valence electrons. The predicted molar refractivity (Wildman–Crippen MR) is 175 cm³/mol. The van der Waals surface area contributed by atoms with Crippen LogP contribution in [0.5, 0.6) is 0 Å². The first kappa shape index (κ1) is 37.0. The Morgan fingerprint density at radius 3 is 2.04 bits per heavy atom. The van der Waals surface area contributed by atoms with Crippen molar-refractivity contribution >= 4 is 29.7 Å². The molecule has 0 aromatic heterocycles. The van der Waals surface area contributed by atoms with Crippen LogP contribution in [0.3, 0.4) is 0 Å². The minimum atomic E-state index is -1.57. The third-order valence-corrected chi connectivity index (χ3v) is 10.8. The highest BCUT2D eigenvalue weighted by Crippen LogP contribution is 2.60. The Bertz CT molecular complexity index is 1500. The maximum Gasteiger partial charge on any atom is 0.337 e. The first-order chi connectivity index (χ1) is 22.3. The fourth-order valence-electron chi connectivity index (χ4n) is 8.36. The van der Waals surface area contributed by atoms with Gasteiger partial charge in [0.15, 0.2) is 24.1 Å². The van der Waals surface area contributed by atoms with Gasteiger partial charge in [0.2, 0.25) is 0 Å². The number of carbonyl (C=O) groups is 5. The van der Waals surface area contributed by atoms with Crippen molar-refractivity contribution in [2.24, 2.45) is 22.7 Å². The van der Waals surface area contributed by atoms with Gasteiger partial charge in [-0.25, -0.2) is 4.79 Å². The molecule has 11 heteroatoms. The van der Waals surface area contributed by atoms with Crippen LogP contribution in [0, 0.1) is 22.7 Å². The molecule has 1 aromatic carbocycles. The molecule has 1 N–H and O–H groups in total. The van der Waals surface area contributed by atoms with Gasteiger partial charge in [-0.05, 0) is 67.0 Å². The SMILES string of the molecule is C=C1[C@@H](OC(=O)[C@H](O)[C@H](c2ccccc2)N(C)C)C[C@H](OC(C)=O)[C@@]2(C)[C@@H]1C[C@H]1CC(=O)C(C)=C([C@@H](OC(C)=O)[C@@H]2OC(C)=O)C1(C)C. The summed E-state index contributed by atoms with van der Waals surface area (Å²) in [7, 11) is 3.49. The number of Topliss-reactive ketones (excluding diaryl/α,β-unsaturated/α-hetero) is 1. The smallest absolute Gasteiger partial charge is 0.337 e. The van der Waals surface area contributed by atoms with Crippen LogP contribution >= 0.6 is 0 Å². The van der Waals surface area contributed by atoms with E-state index in [0.717, 1.165) is 0 Å². The fraction of sp³-hybridized carbons (Fsp3) is 0.595. The Morgan fingerprint density at radius 1 is 0.917 bits per heavy atom. The van der Waals surface area contributed by atoms with Crippen LogP contribution in [0.25, 0.3) is 0 Å². The normalized spacial score (nSPS) is 31.1. The number of ketones is 1. The van der Waals surface area contributed by atoms with E-state index in [-0.39, 0.29) is 24.5 Å². The van der Waals surface area contributed by atoms with Gasteiger partial charge >= 0.3 is 23.9 Å². The summed E-state index contributed by atoms with van der Waals surface area (Å²) in [5, 5.41) is 11.3. The number of esters is 4. The molecule has 11 nitrogen and oxygen atoms in total. The Balaban J connectivity index is 1.85. The summed E-state index contributed by atoms with van der Waals surface area (Å²) in [6.45, 7) is 15.6. The van der Waals surface area contributed by atoms with E-state index in [1.54, 1.807) is 32.8 Å². The summed E-state index contributed by atoms with van der Waals surface area (Å²) in [6, 6.07) is 8.37. The van der Waals surface area contributed by atoms with Gasteiger partial charge < -0.3 is 24.1 Å². The molecule has 9 atom stereocenters. The van der Waals surface area contributed by atoms with E-state index in [1.807, 2.05) is 44.2 Å². The number of allylic oxidation sites excluding steroid dienone is 1. The molecule has 0 unspecified atom stereocenters. The highest BCUT2D eigenvalue weighted by molar-refractivity contribution is 5.97. The molecule has 3 aliphatic rings. The summed E-state index contributed by atoms with van der Waals surface area (Å²) in [6.07, 6.45) is -5.49. The first-order valence-corrected chi connectivity index (χ1v) is 16.4. The van der Waals surface area contributed by atoms with Gasteiger partial charge in [0, 0.05) is 33.6 Å². The van der Waals surface area contributed by atoms with Crippen molar-refractivity contribution in [3.63, 3.8) is 0 Å². The summed E-state index contributed by atoms with van der Waals surface area (Å²) >= 11 is 0. The molecule has 0 radical (unpaired) electrons. The lowest BCUT2D eigenvalue weighted by Crippen LogP contribution is -2.64. The van der Waals surface area contributed by atoms with Crippen LogP contribution in [0.1, 0.15) is 79.3 Å². The van der Waals surface area contributed by atoms with Crippen molar-refractivity contribution < 1.29 is 48.0 Å². The number of hydrogen-bond donors (Lipinski definition) is 1. The molecule has 0 aliphatic heterocycles. The minimum Gasteiger partial charge on any atom is -0.462 e. The van der Waals surface area contributed by atoms with Crippen LogP contribution in [0.2, 0.25) is 0 Å². The second kappa shape index (κ2) is 14.0. The van der Waals surface area contributed by atoms with Crippen molar-refractivity contribution in [1.29, 1.82) is 0 Å². The van der Waals surface area contributed by atoms with Gasteiger partial charge in [0.05, 0.1) is 11.5 Å². The second-order valence-electron chi connectivity index (χ2n) is 14.4. The number of carbonyl (C=O) groups excluding carboxylic acids is 5. The van der Waals surface area contributed by atoms with Crippen LogP contribution in [0.4, 0.5) is 0 Å². The highest BCUT2D eigenvalue weighted by Gasteiger charge is 2.64. The molecule has 4 rings (SSSR count). The molecule has 1 aromatic rings. The Labute approximate surface area is 282 Å². The zero-order valence-electron chi connectivity index (χ0n) is 29.4. The number of hydrogen-bond acceptors (Lipinski definition) is 11. The Morgan fingerprint density at radius 2 is 1.50 bits per heavy atom. The average molecular weight is 668 g/mol. The summed E-state index contributed by atoms with van der Waals surface area (Å²) < 4.78 is 24.0. The van der Waals surface area contributed by atoms with Gasteiger partial charge in [-0.15, -0.1) is 0 Å². The largest absolute Gasteiger partial charge is 0.462 e. The van der Waals surface area contributed by atoms with Gasteiger partial charge in [-0.1, -0.05) is 57.7 Å². The second-order valence-corrected chi connectivity index (χ2v) is 14.4. The summed E-state index contributed by atoms with van der Waals surface area (Å²) in [5.41, 5.74) is 0.235.